The summed E-state index contributed by atoms with van der Waals surface area (Å²) in [6.07, 6.45) is 4.22. The van der Waals surface area contributed by atoms with Gasteiger partial charge in [-0.25, -0.2) is 0 Å². The van der Waals surface area contributed by atoms with E-state index in [0.717, 1.165) is 23.6 Å². The number of rotatable bonds is 5. The lowest BCUT2D eigenvalue weighted by Crippen LogP contribution is -2.45. The number of carbonyl (C=O) groups is 2. The number of hydrogen-bond donors (Lipinski definition) is 1. The maximum Gasteiger partial charge on any atom is 0.269 e. The van der Waals surface area contributed by atoms with Crippen LogP contribution in [0.4, 0.5) is 0 Å². The van der Waals surface area contributed by atoms with Crippen molar-refractivity contribution in [1.82, 2.24) is 20.1 Å². The number of likely N-dealkylation sites (N-methyl/N-ethyl adjacent to an activating group) is 1. The Bertz CT molecular complexity index is 881. The minimum Gasteiger partial charge on any atom is -0.378 e. The first-order chi connectivity index (χ1) is 14.1. The molecular weight excluding hydrogens is 368 g/mol. The molecule has 2 atom stereocenters. The standard InChI is InChI=1S/C22H28N4O3/c1-25-18(13-21(27)26-8-10-29-11-9-26)6-7-19(25)15-24-22(28)20-12-16-4-2-3-5-17(16)14-23-20/h2-5,12,14,18-19H,6-11,13,15H2,1H3,(H,24,28)/t18-,19+/m1/s1. The third-order valence-electron chi connectivity index (χ3n) is 6.12. The number of fused-ring (bicyclic) bond motifs is 1. The molecule has 1 N–H and O–H groups in total. The molecule has 0 aliphatic carbocycles. The first-order valence-electron chi connectivity index (χ1n) is 10.3. The number of aromatic nitrogens is 1. The summed E-state index contributed by atoms with van der Waals surface area (Å²) < 4.78 is 5.32. The van der Waals surface area contributed by atoms with Crippen molar-refractivity contribution in [3.05, 3.63) is 42.2 Å². The second-order valence-corrected chi connectivity index (χ2v) is 7.87. The third-order valence-corrected chi connectivity index (χ3v) is 6.12. The molecule has 29 heavy (non-hydrogen) atoms. The van der Waals surface area contributed by atoms with Gasteiger partial charge in [0.1, 0.15) is 5.69 Å². The average molecular weight is 396 g/mol. The van der Waals surface area contributed by atoms with Crippen LogP contribution in [-0.4, -0.2) is 78.6 Å². The number of benzene rings is 1. The minimum atomic E-state index is -0.156. The number of ether oxygens (including phenoxy) is 1. The van der Waals surface area contributed by atoms with Crippen LogP contribution in [-0.2, 0) is 9.53 Å². The van der Waals surface area contributed by atoms with Crippen LogP contribution >= 0.6 is 0 Å². The van der Waals surface area contributed by atoms with E-state index in [4.69, 9.17) is 4.74 Å². The minimum absolute atomic E-state index is 0.156. The molecular formula is C22H28N4O3. The Balaban J connectivity index is 1.29. The highest BCUT2D eigenvalue weighted by molar-refractivity contribution is 5.96. The van der Waals surface area contributed by atoms with Gasteiger partial charge in [-0.05, 0) is 31.3 Å². The van der Waals surface area contributed by atoms with Crippen LogP contribution in [0, 0.1) is 0 Å². The zero-order valence-electron chi connectivity index (χ0n) is 16.8. The summed E-state index contributed by atoms with van der Waals surface area (Å²) in [5.41, 5.74) is 0.434. The number of carbonyl (C=O) groups excluding carboxylic acids is 2. The van der Waals surface area contributed by atoms with Gasteiger partial charge < -0.3 is 15.0 Å². The van der Waals surface area contributed by atoms with Crippen molar-refractivity contribution in [3.63, 3.8) is 0 Å². The zero-order chi connectivity index (χ0) is 20.2. The molecule has 2 aliphatic heterocycles. The molecule has 2 fully saturated rings. The molecule has 1 aromatic carbocycles. The lowest BCUT2D eigenvalue weighted by molar-refractivity contribution is -0.136. The molecule has 1 aromatic heterocycles. The second-order valence-electron chi connectivity index (χ2n) is 7.87. The fraction of sp³-hybridized carbons (Fsp3) is 0.500. The monoisotopic (exact) mass is 396 g/mol. The number of nitrogens with one attached hydrogen (secondary N) is 1. The molecule has 7 heteroatoms. The van der Waals surface area contributed by atoms with Gasteiger partial charge in [-0.2, -0.15) is 0 Å². The fourth-order valence-electron chi connectivity index (χ4n) is 4.23. The summed E-state index contributed by atoms with van der Waals surface area (Å²) in [4.78, 5) is 33.5. The van der Waals surface area contributed by atoms with Crippen LogP contribution in [0.3, 0.4) is 0 Å². The first-order valence-corrected chi connectivity index (χ1v) is 10.3. The predicted octanol–water partition coefficient (Wildman–Crippen LogP) is 1.68. The molecule has 7 nitrogen and oxygen atoms in total. The van der Waals surface area contributed by atoms with Crippen molar-refractivity contribution < 1.29 is 14.3 Å². The van der Waals surface area contributed by atoms with E-state index >= 15 is 0 Å². The maximum atomic E-state index is 12.6. The van der Waals surface area contributed by atoms with Gasteiger partial charge in [0.25, 0.3) is 5.91 Å². The van der Waals surface area contributed by atoms with Crippen molar-refractivity contribution in [1.29, 1.82) is 0 Å². The molecule has 2 saturated heterocycles. The summed E-state index contributed by atoms with van der Waals surface area (Å²) in [7, 11) is 2.05. The lowest BCUT2D eigenvalue weighted by Gasteiger charge is -2.30. The number of amides is 2. The van der Waals surface area contributed by atoms with Gasteiger partial charge in [-0.1, -0.05) is 24.3 Å². The second kappa shape index (κ2) is 8.88. The van der Waals surface area contributed by atoms with Crippen LogP contribution in [0.1, 0.15) is 29.8 Å². The lowest BCUT2D eigenvalue weighted by atomic mass is 10.1. The molecule has 154 valence electrons. The van der Waals surface area contributed by atoms with E-state index in [1.807, 2.05) is 35.2 Å². The third kappa shape index (κ3) is 4.57. The number of likely N-dealkylation sites (tertiary alicyclic amines) is 1. The fourth-order valence-corrected chi connectivity index (χ4v) is 4.23. The molecule has 0 saturated carbocycles. The van der Waals surface area contributed by atoms with Crippen molar-refractivity contribution in [2.75, 3.05) is 39.9 Å². The first kappa shape index (κ1) is 19.8. The molecule has 0 radical (unpaired) electrons. The highest BCUT2D eigenvalue weighted by Gasteiger charge is 2.33. The van der Waals surface area contributed by atoms with Gasteiger partial charge >= 0.3 is 0 Å². The topological polar surface area (TPSA) is 74.8 Å². The van der Waals surface area contributed by atoms with Crippen LogP contribution in [0.25, 0.3) is 10.8 Å². The molecule has 0 spiro atoms. The highest BCUT2D eigenvalue weighted by Crippen LogP contribution is 2.25. The molecule has 2 aliphatic rings. The van der Waals surface area contributed by atoms with Gasteiger partial charge in [-0.3, -0.25) is 19.5 Å². The molecule has 3 heterocycles. The Morgan fingerprint density at radius 2 is 1.86 bits per heavy atom. The van der Waals surface area contributed by atoms with Gasteiger partial charge in [-0.15, -0.1) is 0 Å². The summed E-state index contributed by atoms with van der Waals surface area (Å²) in [6, 6.07) is 10.2. The summed E-state index contributed by atoms with van der Waals surface area (Å²) in [5.74, 6) is 0.0483. The van der Waals surface area contributed by atoms with E-state index in [2.05, 4.69) is 22.2 Å². The Kier molecular flexibility index (Phi) is 6.06. The summed E-state index contributed by atoms with van der Waals surface area (Å²) in [5, 5.41) is 5.05. The zero-order valence-corrected chi connectivity index (χ0v) is 16.8. The maximum absolute atomic E-state index is 12.6. The summed E-state index contributed by atoms with van der Waals surface area (Å²) in [6.45, 7) is 3.19. The Labute approximate surface area is 171 Å². The predicted molar refractivity (Wildman–Crippen MR) is 111 cm³/mol. The molecule has 2 amide bonds. The van der Waals surface area contributed by atoms with Crippen LogP contribution in [0.2, 0.25) is 0 Å². The number of morpholine rings is 1. The number of nitrogens with zero attached hydrogens (tertiary/aromatic N) is 3. The van der Waals surface area contributed by atoms with Crippen molar-refractivity contribution in [3.8, 4) is 0 Å². The Hall–Kier alpha value is -2.51. The van der Waals surface area contributed by atoms with E-state index in [1.165, 1.54) is 0 Å². The van der Waals surface area contributed by atoms with Gasteiger partial charge in [0.2, 0.25) is 5.91 Å². The molecule has 0 unspecified atom stereocenters. The molecule has 4 rings (SSSR count). The Morgan fingerprint density at radius 1 is 1.14 bits per heavy atom. The average Bonchev–Trinajstić information content (AvgIpc) is 3.11. The van der Waals surface area contributed by atoms with Crippen LogP contribution in [0.15, 0.2) is 36.5 Å². The number of hydrogen-bond acceptors (Lipinski definition) is 5. The quantitative estimate of drug-likeness (QED) is 0.832. The van der Waals surface area contributed by atoms with Gasteiger partial charge in [0.05, 0.1) is 13.2 Å². The summed E-state index contributed by atoms with van der Waals surface area (Å²) >= 11 is 0. The number of pyridine rings is 1. The van der Waals surface area contributed by atoms with E-state index in [-0.39, 0.29) is 23.9 Å². The van der Waals surface area contributed by atoms with Crippen LogP contribution in [0.5, 0.6) is 0 Å². The molecule has 2 aromatic rings. The largest absolute Gasteiger partial charge is 0.378 e. The Morgan fingerprint density at radius 3 is 2.66 bits per heavy atom. The van der Waals surface area contributed by atoms with Crippen molar-refractivity contribution in [2.24, 2.45) is 0 Å². The van der Waals surface area contributed by atoms with Gasteiger partial charge in [0.15, 0.2) is 0 Å². The smallest absolute Gasteiger partial charge is 0.269 e. The SMILES string of the molecule is CN1[C@@H](CC(=O)N2CCOCC2)CC[C@H]1CNC(=O)c1cc2ccccc2cn1. The normalized spacial score (nSPS) is 22.7. The van der Waals surface area contributed by atoms with Crippen molar-refractivity contribution >= 4 is 22.6 Å². The molecule has 0 bridgehead atoms. The van der Waals surface area contributed by atoms with Crippen LogP contribution < -0.4 is 5.32 Å². The van der Waals surface area contributed by atoms with E-state index < -0.39 is 0 Å². The highest BCUT2D eigenvalue weighted by atomic mass is 16.5. The van der Waals surface area contributed by atoms with Crippen molar-refractivity contribution in [2.45, 2.75) is 31.3 Å². The van der Waals surface area contributed by atoms with E-state index in [0.29, 0.717) is 45.0 Å². The van der Waals surface area contributed by atoms with E-state index in [9.17, 15) is 9.59 Å². The van der Waals surface area contributed by atoms with E-state index in [1.54, 1.807) is 6.20 Å². The van der Waals surface area contributed by atoms with Gasteiger partial charge in [0, 0.05) is 49.7 Å².